The molecule has 2 heterocycles. The second-order valence-corrected chi connectivity index (χ2v) is 8.21. The molecule has 5 aromatic rings. The van der Waals surface area contributed by atoms with Crippen LogP contribution in [0.3, 0.4) is 0 Å². The Hall–Kier alpha value is -4.17. The topological polar surface area (TPSA) is 78.3 Å². The Balaban J connectivity index is 1.57. The van der Waals surface area contributed by atoms with Gasteiger partial charge in [-0.2, -0.15) is 5.10 Å². The summed E-state index contributed by atoms with van der Waals surface area (Å²) in [7, 11) is 3.16. The third-order valence-corrected chi connectivity index (χ3v) is 6.11. The first-order chi connectivity index (χ1) is 16.2. The van der Waals surface area contributed by atoms with Crippen LogP contribution in [0, 0.1) is 0 Å². The summed E-state index contributed by atoms with van der Waals surface area (Å²) in [6, 6.07) is 22.9. The van der Waals surface area contributed by atoms with E-state index in [1.54, 1.807) is 18.9 Å². The number of thiazole rings is 1. The molecule has 8 heteroatoms. The van der Waals surface area contributed by atoms with E-state index in [0.29, 0.717) is 22.2 Å². The number of rotatable bonds is 6. The van der Waals surface area contributed by atoms with Gasteiger partial charge in [0.25, 0.3) is 5.91 Å². The van der Waals surface area contributed by atoms with Gasteiger partial charge in [-0.05, 0) is 42.0 Å². The van der Waals surface area contributed by atoms with Gasteiger partial charge < -0.3 is 9.47 Å². The van der Waals surface area contributed by atoms with Crippen LogP contribution in [0.5, 0.6) is 11.5 Å². The van der Waals surface area contributed by atoms with E-state index in [2.05, 4.69) is 15.4 Å². The molecule has 0 spiro atoms. The third kappa shape index (κ3) is 4.04. The fraction of sp³-hybridized carbons (Fsp3) is 0.0800. The van der Waals surface area contributed by atoms with Crippen LogP contribution in [-0.4, -0.2) is 34.9 Å². The normalized spacial score (nSPS) is 10.8. The van der Waals surface area contributed by atoms with E-state index in [-0.39, 0.29) is 11.6 Å². The van der Waals surface area contributed by atoms with Crippen LogP contribution in [0.25, 0.3) is 27.0 Å². The number of methoxy groups -OCH3 is 2. The van der Waals surface area contributed by atoms with Crippen molar-refractivity contribution in [2.45, 2.75) is 0 Å². The first-order valence-electron chi connectivity index (χ1n) is 10.2. The van der Waals surface area contributed by atoms with Gasteiger partial charge in [-0.3, -0.25) is 10.1 Å². The van der Waals surface area contributed by atoms with E-state index in [4.69, 9.17) is 9.47 Å². The van der Waals surface area contributed by atoms with E-state index in [1.807, 2.05) is 79.0 Å². The highest BCUT2D eigenvalue weighted by molar-refractivity contribution is 7.22. The summed E-state index contributed by atoms with van der Waals surface area (Å²) >= 11 is 1.42. The maximum Gasteiger partial charge on any atom is 0.278 e. The fourth-order valence-electron chi connectivity index (χ4n) is 3.55. The molecule has 3 aromatic carbocycles. The number of hydrogen-bond acceptors (Lipinski definition) is 6. The number of hydrogen-bond donors (Lipinski definition) is 1. The molecule has 0 saturated carbocycles. The lowest BCUT2D eigenvalue weighted by Gasteiger charge is -2.09. The molecule has 5 rings (SSSR count). The van der Waals surface area contributed by atoms with Gasteiger partial charge in [0.15, 0.2) is 22.3 Å². The Bertz CT molecular complexity index is 1410. The van der Waals surface area contributed by atoms with Gasteiger partial charge in [-0.1, -0.05) is 47.7 Å². The second kappa shape index (κ2) is 8.76. The predicted octanol–water partition coefficient (Wildman–Crippen LogP) is 5.42. The molecule has 0 bridgehead atoms. The van der Waals surface area contributed by atoms with Crippen LogP contribution in [0.1, 0.15) is 10.5 Å². The Labute approximate surface area is 194 Å². The van der Waals surface area contributed by atoms with Gasteiger partial charge in [-0.25, -0.2) is 9.67 Å². The summed E-state index contributed by atoms with van der Waals surface area (Å²) in [5.41, 5.74) is 3.42. The van der Waals surface area contributed by atoms with E-state index in [0.717, 1.165) is 21.5 Å². The summed E-state index contributed by atoms with van der Waals surface area (Å²) in [5.74, 6) is 0.839. The molecule has 0 saturated heterocycles. The number of nitrogens with zero attached hydrogens (tertiary/aromatic N) is 3. The molecule has 0 aliphatic carbocycles. The number of anilines is 1. The Morgan fingerprint density at radius 3 is 2.45 bits per heavy atom. The Kier molecular flexibility index (Phi) is 5.50. The van der Waals surface area contributed by atoms with Crippen molar-refractivity contribution in [3.05, 3.63) is 84.7 Å². The standard InChI is InChI=1S/C25H20N4O3S/c1-31-20-13-12-16(14-21(20)32-2)18-15-29(17-8-4-3-5-9-17)28-23(18)24(30)27-25-26-19-10-6-7-11-22(19)33-25/h3-15H,1-2H3,(H,26,27,30). The van der Waals surface area contributed by atoms with Crippen molar-refractivity contribution in [2.24, 2.45) is 0 Å². The van der Waals surface area contributed by atoms with Crippen molar-refractivity contribution < 1.29 is 14.3 Å². The molecule has 7 nitrogen and oxygen atoms in total. The van der Waals surface area contributed by atoms with Crippen LogP contribution >= 0.6 is 11.3 Å². The van der Waals surface area contributed by atoms with E-state index in [9.17, 15) is 4.79 Å². The third-order valence-electron chi connectivity index (χ3n) is 5.16. The van der Waals surface area contributed by atoms with Crippen molar-refractivity contribution in [3.8, 4) is 28.3 Å². The van der Waals surface area contributed by atoms with Gasteiger partial charge in [-0.15, -0.1) is 0 Å². The molecule has 33 heavy (non-hydrogen) atoms. The highest BCUT2D eigenvalue weighted by Gasteiger charge is 2.21. The van der Waals surface area contributed by atoms with Crippen LogP contribution in [0.2, 0.25) is 0 Å². The molecular formula is C25H20N4O3S. The maximum absolute atomic E-state index is 13.3. The van der Waals surface area contributed by atoms with E-state index in [1.165, 1.54) is 11.3 Å². The number of fused-ring (bicyclic) bond motifs is 1. The maximum atomic E-state index is 13.3. The number of carbonyl (C=O) groups is 1. The zero-order valence-electron chi connectivity index (χ0n) is 18.0. The molecule has 0 aliphatic rings. The minimum absolute atomic E-state index is 0.283. The number of carbonyl (C=O) groups excluding carboxylic acids is 1. The first-order valence-corrected chi connectivity index (χ1v) is 11.0. The molecule has 1 N–H and O–H groups in total. The lowest BCUT2D eigenvalue weighted by atomic mass is 10.1. The molecule has 0 unspecified atom stereocenters. The number of ether oxygens (including phenoxy) is 2. The number of aromatic nitrogens is 3. The SMILES string of the molecule is COc1ccc(-c2cn(-c3ccccc3)nc2C(=O)Nc2nc3ccccc3s2)cc1OC. The molecule has 2 aromatic heterocycles. The van der Waals surface area contributed by atoms with Crippen LogP contribution < -0.4 is 14.8 Å². The summed E-state index contributed by atoms with van der Waals surface area (Å²) in [6.45, 7) is 0. The number of nitrogens with one attached hydrogen (secondary N) is 1. The second-order valence-electron chi connectivity index (χ2n) is 7.18. The van der Waals surface area contributed by atoms with Crippen molar-refractivity contribution in [3.63, 3.8) is 0 Å². The monoisotopic (exact) mass is 456 g/mol. The molecule has 164 valence electrons. The van der Waals surface area contributed by atoms with Gasteiger partial charge in [0.2, 0.25) is 0 Å². The fourth-order valence-corrected chi connectivity index (χ4v) is 4.41. The summed E-state index contributed by atoms with van der Waals surface area (Å²) in [6.07, 6.45) is 1.84. The average molecular weight is 457 g/mol. The van der Waals surface area contributed by atoms with Gasteiger partial charge in [0, 0.05) is 11.8 Å². The minimum atomic E-state index is -0.339. The smallest absolute Gasteiger partial charge is 0.278 e. The Morgan fingerprint density at radius 1 is 0.939 bits per heavy atom. The lowest BCUT2D eigenvalue weighted by molar-refractivity contribution is 0.102. The van der Waals surface area contributed by atoms with Crippen LogP contribution in [-0.2, 0) is 0 Å². The largest absolute Gasteiger partial charge is 0.493 e. The number of para-hydroxylation sites is 2. The molecule has 0 atom stereocenters. The molecule has 0 aliphatic heterocycles. The number of benzene rings is 3. The highest BCUT2D eigenvalue weighted by atomic mass is 32.1. The summed E-state index contributed by atoms with van der Waals surface area (Å²) in [4.78, 5) is 17.8. The van der Waals surface area contributed by atoms with E-state index >= 15 is 0 Å². The quantitative estimate of drug-likeness (QED) is 0.369. The van der Waals surface area contributed by atoms with Crippen LogP contribution in [0.4, 0.5) is 5.13 Å². The Morgan fingerprint density at radius 2 is 1.70 bits per heavy atom. The lowest BCUT2D eigenvalue weighted by Crippen LogP contribution is -2.14. The molecule has 1 amide bonds. The first kappa shape index (κ1) is 20.7. The summed E-state index contributed by atoms with van der Waals surface area (Å²) in [5, 5.41) is 8.05. The van der Waals surface area contributed by atoms with Crippen molar-refractivity contribution >= 4 is 32.6 Å². The van der Waals surface area contributed by atoms with Crippen LogP contribution in [0.15, 0.2) is 79.0 Å². The molecule has 0 fully saturated rings. The van der Waals surface area contributed by atoms with Gasteiger partial charge in [0.05, 0.1) is 30.1 Å². The van der Waals surface area contributed by atoms with Gasteiger partial charge in [0.1, 0.15) is 0 Å². The van der Waals surface area contributed by atoms with Crippen molar-refractivity contribution in [2.75, 3.05) is 19.5 Å². The van der Waals surface area contributed by atoms with Crippen molar-refractivity contribution in [1.82, 2.24) is 14.8 Å². The highest BCUT2D eigenvalue weighted by Crippen LogP contribution is 2.34. The predicted molar refractivity (Wildman–Crippen MR) is 130 cm³/mol. The van der Waals surface area contributed by atoms with Gasteiger partial charge >= 0.3 is 0 Å². The number of amides is 1. The molecule has 0 radical (unpaired) electrons. The minimum Gasteiger partial charge on any atom is -0.493 e. The summed E-state index contributed by atoms with van der Waals surface area (Å²) < 4.78 is 13.5. The zero-order chi connectivity index (χ0) is 22.8. The zero-order valence-corrected chi connectivity index (χ0v) is 18.8. The van der Waals surface area contributed by atoms with Crippen molar-refractivity contribution in [1.29, 1.82) is 0 Å². The average Bonchev–Trinajstić information content (AvgIpc) is 3.48. The molecular weight excluding hydrogens is 436 g/mol. The van der Waals surface area contributed by atoms with E-state index < -0.39 is 0 Å².